The van der Waals surface area contributed by atoms with Gasteiger partial charge in [0, 0.05) is 63.2 Å². The van der Waals surface area contributed by atoms with Crippen molar-refractivity contribution in [2.24, 2.45) is 0 Å². The van der Waals surface area contributed by atoms with Crippen LogP contribution in [0.2, 0.25) is 5.15 Å². The number of rotatable bonds is 12. The predicted octanol–water partition coefficient (Wildman–Crippen LogP) is 6.07. The van der Waals surface area contributed by atoms with Crippen molar-refractivity contribution in [1.29, 1.82) is 0 Å². The number of amides is 1. The Morgan fingerprint density at radius 3 is 2.44 bits per heavy atom. The van der Waals surface area contributed by atoms with Gasteiger partial charge in [-0.15, -0.1) is 13.2 Å². The first kappa shape index (κ1) is 28.6. The van der Waals surface area contributed by atoms with E-state index in [1.165, 1.54) is 17.3 Å². The van der Waals surface area contributed by atoms with Crippen LogP contribution in [0.4, 0.5) is 5.82 Å². The minimum absolute atomic E-state index is 0.0760. The summed E-state index contributed by atoms with van der Waals surface area (Å²) in [5.41, 5.74) is 2.95. The third kappa shape index (κ3) is 8.55. The van der Waals surface area contributed by atoms with Gasteiger partial charge in [-0.25, -0.2) is 9.97 Å². The van der Waals surface area contributed by atoms with Crippen LogP contribution in [0.5, 0.6) is 0 Å². The highest BCUT2D eigenvalue weighted by atomic mass is 35.5. The Morgan fingerprint density at radius 2 is 1.72 bits per heavy atom. The third-order valence-electron chi connectivity index (χ3n) is 6.36. The molecule has 1 aliphatic rings. The Morgan fingerprint density at radius 1 is 0.974 bits per heavy atom. The monoisotopic (exact) mass is 559 g/mol. The predicted molar refractivity (Wildman–Crippen MR) is 163 cm³/mol. The Balaban J connectivity index is 1.31. The van der Waals surface area contributed by atoms with Gasteiger partial charge in [-0.05, 0) is 23.3 Å². The fourth-order valence-electron chi connectivity index (χ4n) is 4.35. The second-order valence-electron chi connectivity index (χ2n) is 9.21. The van der Waals surface area contributed by atoms with E-state index in [0.29, 0.717) is 34.7 Å². The molecule has 2 aromatic carbocycles. The molecule has 8 heteroatoms. The van der Waals surface area contributed by atoms with Crippen molar-refractivity contribution in [2.45, 2.75) is 10.9 Å². The normalized spacial score (nSPS) is 13.9. The maximum Gasteiger partial charge on any atom is 0.253 e. The van der Waals surface area contributed by atoms with Gasteiger partial charge in [0.1, 0.15) is 11.0 Å². The quantitative estimate of drug-likeness (QED) is 0.116. The van der Waals surface area contributed by atoms with Gasteiger partial charge in [0.15, 0.2) is 5.16 Å². The molecule has 0 radical (unpaired) electrons. The first-order chi connectivity index (χ1) is 19.1. The largest absolute Gasteiger partial charge is 0.349 e. The van der Waals surface area contributed by atoms with E-state index in [-0.39, 0.29) is 5.91 Å². The molecule has 0 aliphatic carbocycles. The minimum Gasteiger partial charge on any atom is -0.349 e. The van der Waals surface area contributed by atoms with Crippen molar-refractivity contribution < 1.29 is 4.79 Å². The van der Waals surface area contributed by atoms with E-state index < -0.39 is 0 Å². The molecule has 6 nitrogen and oxygen atoms in total. The number of hydrogen-bond acceptors (Lipinski definition) is 6. The van der Waals surface area contributed by atoms with Gasteiger partial charge in [0.05, 0.1) is 0 Å². The number of nitrogens with zero attached hydrogens (tertiary/aromatic N) is 5. The molecule has 0 atom stereocenters. The van der Waals surface area contributed by atoms with Crippen LogP contribution in [0.15, 0.2) is 97.2 Å². The first-order valence-corrected chi connectivity index (χ1v) is 14.4. The molecule has 39 heavy (non-hydrogen) atoms. The number of piperazine rings is 1. The van der Waals surface area contributed by atoms with E-state index >= 15 is 0 Å². The molecule has 0 bridgehead atoms. The van der Waals surface area contributed by atoms with Crippen LogP contribution in [0.3, 0.4) is 0 Å². The fraction of sp³-hybridized carbons (Fsp3) is 0.258. The first-order valence-electron chi connectivity index (χ1n) is 13.0. The number of aromatic nitrogens is 2. The second-order valence-corrected chi connectivity index (χ2v) is 10.5. The Labute approximate surface area is 240 Å². The zero-order chi connectivity index (χ0) is 27.5. The molecule has 1 aliphatic heterocycles. The van der Waals surface area contributed by atoms with Crippen molar-refractivity contribution in [3.63, 3.8) is 0 Å². The second kappa shape index (κ2) is 14.7. The minimum atomic E-state index is 0.0760. The van der Waals surface area contributed by atoms with Gasteiger partial charge in [-0.1, -0.05) is 90.1 Å². The highest BCUT2D eigenvalue weighted by molar-refractivity contribution is 7.98. The highest BCUT2D eigenvalue weighted by Gasteiger charge is 2.22. The lowest BCUT2D eigenvalue weighted by Gasteiger charge is -2.34. The maximum atomic E-state index is 13.2. The Hall–Kier alpha value is -3.39. The smallest absolute Gasteiger partial charge is 0.253 e. The fourth-order valence-corrected chi connectivity index (χ4v) is 5.37. The van der Waals surface area contributed by atoms with E-state index in [9.17, 15) is 4.79 Å². The van der Waals surface area contributed by atoms with Crippen LogP contribution < -0.4 is 4.90 Å². The summed E-state index contributed by atoms with van der Waals surface area (Å²) in [4.78, 5) is 28.6. The number of carbonyl (C=O) groups excluding carboxylic acids is 1. The highest BCUT2D eigenvalue weighted by Crippen LogP contribution is 2.25. The summed E-state index contributed by atoms with van der Waals surface area (Å²) >= 11 is 7.79. The average molecular weight is 560 g/mol. The van der Waals surface area contributed by atoms with Crippen LogP contribution in [-0.2, 0) is 5.75 Å². The van der Waals surface area contributed by atoms with Crippen LogP contribution in [0, 0.1) is 0 Å². The van der Waals surface area contributed by atoms with Crippen molar-refractivity contribution in [3.8, 4) is 0 Å². The third-order valence-corrected chi connectivity index (χ3v) is 7.47. The summed E-state index contributed by atoms with van der Waals surface area (Å²) in [6.45, 7) is 13.0. The van der Waals surface area contributed by atoms with Crippen molar-refractivity contribution in [1.82, 2.24) is 19.8 Å². The van der Waals surface area contributed by atoms with Crippen molar-refractivity contribution >= 4 is 41.2 Å². The number of thioether (sulfide) groups is 1. The van der Waals surface area contributed by atoms with Gasteiger partial charge in [-0.3, -0.25) is 9.69 Å². The average Bonchev–Trinajstić information content (AvgIpc) is 2.96. The molecule has 0 unspecified atom stereocenters. The lowest BCUT2D eigenvalue weighted by molar-refractivity contribution is 0.0650. The molecule has 1 saturated heterocycles. The maximum absolute atomic E-state index is 13.2. The van der Waals surface area contributed by atoms with Crippen molar-refractivity contribution in [3.05, 3.63) is 114 Å². The molecule has 2 heterocycles. The van der Waals surface area contributed by atoms with Crippen LogP contribution >= 0.6 is 23.4 Å². The summed E-state index contributed by atoms with van der Waals surface area (Å²) < 4.78 is 0. The number of anilines is 1. The molecule has 0 saturated carbocycles. The van der Waals surface area contributed by atoms with Gasteiger partial charge in [0.25, 0.3) is 5.91 Å². The molecule has 202 valence electrons. The molecule has 4 rings (SSSR count). The zero-order valence-corrected chi connectivity index (χ0v) is 23.7. The molecular formula is C31H34ClN5OS. The summed E-state index contributed by atoms with van der Waals surface area (Å²) in [5, 5.41) is 0.976. The van der Waals surface area contributed by atoms with Gasteiger partial charge >= 0.3 is 0 Å². The van der Waals surface area contributed by atoms with Crippen molar-refractivity contribution in [2.75, 3.05) is 50.7 Å². The van der Waals surface area contributed by atoms with Crippen LogP contribution in [0.25, 0.3) is 6.08 Å². The lowest BCUT2D eigenvalue weighted by Crippen LogP contribution is -2.48. The van der Waals surface area contributed by atoms with Gasteiger partial charge < -0.3 is 9.80 Å². The number of benzene rings is 2. The van der Waals surface area contributed by atoms with E-state index in [0.717, 1.165) is 44.1 Å². The van der Waals surface area contributed by atoms with E-state index in [2.05, 4.69) is 52.3 Å². The molecule has 1 fully saturated rings. The zero-order valence-electron chi connectivity index (χ0n) is 22.1. The van der Waals surface area contributed by atoms with Gasteiger partial charge in [0.2, 0.25) is 0 Å². The Kier molecular flexibility index (Phi) is 10.8. The lowest BCUT2D eigenvalue weighted by atomic mass is 10.1. The van der Waals surface area contributed by atoms with E-state index in [1.807, 2.05) is 64.4 Å². The summed E-state index contributed by atoms with van der Waals surface area (Å²) in [5.74, 6) is 1.44. The SMILES string of the molecule is C=CCN(CC=C)c1cc(Cl)nc(SCc2cccc(C(=O)N3CCN(CC=Cc4ccccc4)CC3)c2)n1. The molecule has 0 spiro atoms. The molecule has 1 amide bonds. The summed E-state index contributed by atoms with van der Waals surface area (Å²) in [7, 11) is 0. The summed E-state index contributed by atoms with van der Waals surface area (Å²) in [6.07, 6.45) is 7.97. The van der Waals surface area contributed by atoms with E-state index in [4.69, 9.17) is 11.6 Å². The summed E-state index contributed by atoms with van der Waals surface area (Å²) in [6, 6.07) is 19.9. The van der Waals surface area contributed by atoms with Crippen LogP contribution in [-0.4, -0.2) is 71.5 Å². The van der Waals surface area contributed by atoms with Gasteiger partial charge in [-0.2, -0.15) is 0 Å². The standard InChI is InChI=1S/C31H34ClN5OS/c1-3-15-36(16-4-2)29-23-28(32)33-31(34-29)39-24-26-12-8-14-27(22-26)30(38)37-20-18-35(19-21-37)17-9-13-25-10-6-5-7-11-25/h3-14,22-23H,1-2,15-21,24H2. The Bertz CT molecular complexity index is 1280. The molecule has 0 N–H and O–H groups in total. The van der Waals surface area contributed by atoms with E-state index in [1.54, 1.807) is 6.07 Å². The molecule has 3 aromatic rings. The van der Waals surface area contributed by atoms with Crippen LogP contribution in [0.1, 0.15) is 21.5 Å². The number of halogens is 1. The topological polar surface area (TPSA) is 52.6 Å². The number of hydrogen-bond donors (Lipinski definition) is 0. The molecule has 1 aromatic heterocycles. The molecular weight excluding hydrogens is 526 g/mol. The number of carbonyl (C=O) groups is 1.